The molecule has 1 aromatic heterocycles. The third-order valence-electron chi connectivity index (χ3n) is 5.06. The lowest BCUT2D eigenvalue weighted by molar-refractivity contribution is 0.0513. The molecule has 0 unspecified atom stereocenters. The number of aliphatic imine (C=N–C) groups is 1. The fourth-order valence-electron chi connectivity index (χ4n) is 3.37. The van der Waals surface area contributed by atoms with Crippen LogP contribution in [0, 0.1) is 5.82 Å². The zero-order valence-electron chi connectivity index (χ0n) is 15.7. The SMILES string of the molecule is CN=C(NCc1ccnn1C)NCC1(c2cccc(F)c2)CCOCC1.I. The van der Waals surface area contributed by atoms with Crippen molar-refractivity contribution in [1.82, 2.24) is 20.4 Å². The monoisotopic (exact) mass is 487 g/mol. The van der Waals surface area contributed by atoms with Gasteiger partial charge in [-0.3, -0.25) is 9.67 Å². The maximum atomic E-state index is 13.8. The van der Waals surface area contributed by atoms with Gasteiger partial charge in [-0.25, -0.2) is 4.39 Å². The maximum absolute atomic E-state index is 13.8. The first-order valence-corrected chi connectivity index (χ1v) is 8.88. The number of aryl methyl sites for hydroxylation is 1. The molecule has 3 rings (SSSR count). The Bertz CT molecular complexity index is 758. The number of ether oxygens (including phenoxy) is 1. The van der Waals surface area contributed by atoms with Crippen LogP contribution in [0.2, 0.25) is 0 Å². The van der Waals surface area contributed by atoms with Crippen LogP contribution >= 0.6 is 24.0 Å². The highest BCUT2D eigenvalue weighted by Gasteiger charge is 2.34. The van der Waals surface area contributed by atoms with E-state index in [1.165, 1.54) is 6.07 Å². The van der Waals surface area contributed by atoms with E-state index in [1.54, 1.807) is 25.4 Å². The van der Waals surface area contributed by atoms with Crippen LogP contribution in [-0.2, 0) is 23.7 Å². The summed E-state index contributed by atoms with van der Waals surface area (Å²) in [6.45, 7) is 2.66. The molecule has 1 saturated heterocycles. The van der Waals surface area contributed by atoms with Crippen molar-refractivity contribution in [2.75, 3.05) is 26.8 Å². The van der Waals surface area contributed by atoms with E-state index in [9.17, 15) is 4.39 Å². The van der Waals surface area contributed by atoms with E-state index in [-0.39, 0.29) is 35.2 Å². The van der Waals surface area contributed by atoms with Crippen molar-refractivity contribution < 1.29 is 9.13 Å². The van der Waals surface area contributed by atoms with E-state index in [4.69, 9.17) is 4.74 Å². The number of guanidine groups is 1. The summed E-state index contributed by atoms with van der Waals surface area (Å²) in [6, 6.07) is 8.86. The summed E-state index contributed by atoms with van der Waals surface area (Å²) in [7, 11) is 3.66. The van der Waals surface area contributed by atoms with E-state index < -0.39 is 0 Å². The molecule has 1 aliphatic rings. The normalized spacial score (nSPS) is 16.5. The zero-order valence-corrected chi connectivity index (χ0v) is 18.1. The summed E-state index contributed by atoms with van der Waals surface area (Å²) >= 11 is 0. The standard InChI is InChI=1S/C19H26FN5O.HI/c1-21-18(22-13-17-6-9-24-25(17)2)23-14-19(7-10-26-11-8-19)15-4-3-5-16(20)12-15;/h3-6,9,12H,7-8,10-11,13-14H2,1-2H3,(H2,21,22,23);1H. The highest BCUT2D eigenvalue weighted by atomic mass is 127. The van der Waals surface area contributed by atoms with Crippen molar-refractivity contribution in [3.63, 3.8) is 0 Å². The summed E-state index contributed by atoms with van der Waals surface area (Å²) in [5, 5.41) is 10.9. The van der Waals surface area contributed by atoms with Gasteiger partial charge in [0.2, 0.25) is 0 Å². The first kappa shape index (κ1) is 21.6. The molecule has 27 heavy (non-hydrogen) atoms. The molecule has 0 spiro atoms. The minimum Gasteiger partial charge on any atom is -0.381 e. The second-order valence-electron chi connectivity index (χ2n) is 6.63. The summed E-state index contributed by atoms with van der Waals surface area (Å²) in [4.78, 5) is 4.30. The van der Waals surface area contributed by atoms with E-state index in [2.05, 4.69) is 20.7 Å². The molecule has 0 radical (unpaired) electrons. The predicted octanol–water partition coefficient (Wildman–Crippen LogP) is 2.59. The number of benzene rings is 1. The molecule has 1 aromatic carbocycles. The second-order valence-corrected chi connectivity index (χ2v) is 6.63. The molecule has 0 aliphatic carbocycles. The van der Waals surface area contributed by atoms with E-state index in [0.29, 0.717) is 32.3 Å². The van der Waals surface area contributed by atoms with Gasteiger partial charge in [-0.1, -0.05) is 12.1 Å². The highest BCUT2D eigenvalue weighted by molar-refractivity contribution is 14.0. The van der Waals surface area contributed by atoms with Crippen molar-refractivity contribution in [1.29, 1.82) is 0 Å². The van der Waals surface area contributed by atoms with Crippen LogP contribution in [0.3, 0.4) is 0 Å². The molecule has 2 N–H and O–H groups in total. The fraction of sp³-hybridized carbons (Fsp3) is 0.474. The van der Waals surface area contributed by atoms with Gasteiger partial charge in [0.15, 0.2) is 5.96 Å². The Hall–Kier alpha value is -1.68. The largest absolute Gasteiger partial charge is 0.381 e. The lowest BCUT2D eigenvalue weighted by Crippen LogP contribution is -2.48. The van der Waals surface area contributed by atoms with Crippen LogP contribution in [0.25, 0.3) is 0 Å². The number of aromatic nitrogens is 2. The van der Waals surface area contributed by atoms with Gasteiger partial charge < -0.3 is 15.4 Å². The van der Waals surface area contributed by atoms with Gasteiger partial charge in [0.1, 0.15) is 5.82 Å². The van der Waals surface area contributed by atoms with Crippen molar-refractivity contribution in [2.24, 2.45) is 12.0 Å². The van der Waals surface area contributed by atoms with Crippen LogP contribution < -0.4 is 10.6 Å². The summed E-state index contributed by atoms with van der Waals surface area (Å²) in [5.74, 6) is 0.514. The van der Waals surface area contributed by atoms with Gasteiger partial charge in [0.25, 0.3) is 0 Å². The molecule has 148 valence electrons. The van der Waals surface area contributed by atoms with Crippen LogP contribution in [0.15, 0.2) is 41.5 Å². The summed E-state index contributed by atoms with van der Waals surface area (Å²) in [6.07, 6.45) is 3.47. The number of rotatable bonds is 5. The van der Waals surface area contributed by atoms with Crippen molar-refractivity contribution in [3.05, 3.63) is 53.6 Å². The van der Waals surface area contributed by atoms with Gasteiger partial charge >= 0.3 is 0 Å². The van der Waals surface area contributed by atoms with Crippen LogP contribution in [0.4, 0.5) is 4.39 Å². The number of hydrogen-bond donors (Lipinski definition) is 2. The molecule has 1 fully saturated rings. The molecular formula is C19H27FIN5O. The molecule has 8 heteroatoms. The minimum atomic E-state index is -0.202. The third kappa shape index (κ3) is 5.41. The minimum absolute atomic E-state index is 0. The molecule has 0 atom stereocenters. The third-order valence-corrected chi connectivity index (χ3v) is 5.06. The molecule has 2 heterocycles. The molecule has 2 aromatic rings. The molecule has 1 aliphatic heterocycles. The van der Waals surface area contributed by atoms with Gasteiger partial charge in [0.05, 0.1) is 12.2 Å². The number of halogens is 2. The Morgan fingerprint density at radius 1 is 1.30 bits per heavy atom. The molecule has 0 bridgehead atoms. The zero-order chi connectivity index (χ0) is 18.4. The number of hydrogen-bond acceptors (Lipinski definition) is 3. The number of nitrogens with one attached hydrogen (secondary N) is 2. The second kappa shape index (κ2) is 10.0. The average molecular weight is 487 g/mol. The van der Waals surface area contributed by atoms with Crippen molar-refractivity contribution >= 4 is 29.9 Å². The van der Waals surface area contributed by atoms with Gasteiger partial charge in [-0.05, 0) is 36.6 Å². The van der Waals surface area contributed by atoms with Crippen molar-refractivity contribution in [2.45, 2.75) is 24.8 Å². The van der Waals surface area contributed by atoms with Crippen LogP contribution in [0.5, 0.6) is 0 Å². The van der Waals surface area contributed by atoms with E-state index >= 15 is 0 Å². The molecule has 0 amide bonds. The van der Waals surface area contributed by atoms with Gasteiger partial charge in [-0.2, -0.15) is 5.10 Å². The Labute approximate surface area is 176 Å². The summed E-state index contributed by atoms with van der Waals surface area (Å²) in [5.41, 5.74) is 1.92. The van der Waals surface area contributed by atoms with E-state index in [0.717, 1.165) is 24.1 Å². The fourth-order valence-corrected chi connectivity index (χ4v) is 3.37. The van der Waals surface area contributed by atoms with Crippen molar-refractivity contribution in [3.8, 4) is 0 Å². The molecule has 6 nitrogen and oxygen atoms in total. The van der Waals surface area contributed by atoms with Gasteiger partial charge in [0, 0.05) is 45.5 Å². The molecular weight excluding hydrogens is 460 g/mol. The maximum Gasteiger partial charge on any atom is 0.191 e. The number of nitrogens with zero attached hydrogens (tertiary/aromatic N) is 3. The first-order chi connectivity index (χ1) is 12.6. The lowest BCUT2D eigenvalue weighted by atomic mass is 9.74. The van der Waals surface area contributed by atoms with E-state index in [1.807, 2.05) is 23.9 Å². The average Bonchev–Trinajstić information content (AvgIpc) is 3.07. The highest BCUT2D eigenvalue weighted by Crippen LogP contribution is 2.34. The quantitative estimate of drug-likeness (QED) is 0.387. The van der Waals surface area contributed by atoms with Crippen LogP contribution in [0.1, 0.15) is 24.1 Å². The Kier molecular flexibility index (Phi) is 8.03. The first-order valence-electron chi connectivity index (χ1n) is 8.88. The Morgan fingerprint density at radius 3 is 2.70 bits per heavy atom. The molecule has 0 saturated carbocycles. The van der Waals surface area contributed by atoms with Gasteiger partial charge in [-0.15, -0.1) is 24.0 Å². The Balaban J connectivity index is 0.00000261. The summed E-state index contributed by atoms with van der Waals surface area (Å²) < 4.78 is 21.1. The van der Waals surface area contributed by atoms with Crippen LogP contribution in [-0.4, -0.2) is 42.5 Å². The smallest absolute Gasteiger partial charge is 0.191 e. The predicted molar refractivity (Wildman–Crippen MR) is 115 cm³/mol. The topological polar surface area (TPSA) is 63.5 Å². The Morgan fingerprint density at radius 2 is 2.07 bits per heavy atom. The lowest BCUT2D eigenvalue weighted by Gasteiger charge is -2.38.